The van der Waals surface area contributed by atoms with Crippen LogP contribution in [0.2, 0.25) is 0 Å². The number of nitrogens with one attached hydrogen (secondary N) is 1. The van der Waals surface area contributed by atoms with E-state index in [1.165, 1.54) is 44.2 Å². The Morgan fingerprint density at radius 3 is 2.81 bits per heavy atom. The summed E-state index contributed by atoms with van der Waals surface area (Å²) in [5, 5.41) is 7.90. The summed E-state index contributed by atoms with van der Waals surface area (Å²) in [5.74, 6) is -0.203. The van der Waals surface area contributed by atoms with Crippen LogP contribution in [-0.4, -0.2) is 9.78 Å². The molecule has 0 aliphatic heterocycles. The number of hydrogen-bond acceptors (Lipinski definition) is 2. The number of benzene rings is 1. The minimum atomic E-state index is -0.203. The zero-order valence-electron chi connectivity index (χ0n) is 12.5. The SMILES string of the molecule is Cc1cc(F)cc(NCc2ccn(C3CCCCC3)n2)c1. The number of hydrogen-bond donors (Lipinski definition) is 1. The molecule has 0 atom stereocenters. The van der Waals surface area contributed by atoms with Crippen molar-refractivity contribution in [3.05, 3.63) is 47.5 Å². The van der Waals surface area contributed by atoms with E-state index in [0.717, 1.165) is 16.9 Å². The van der Waals surface area contributed by atoms with Gasteiger partial charge in [0.2, 0.25) is 0 Å². The van der Waals surface area contributed by atoms with Crippen molar-refractivity contribution in [1.29, 1.82) is 0 Å². The Labute approximate surface area is 125 Å². The lowest BCUT2D eigenvalue weighted by Gasteiger charge is -2.21. The molecule has 21 heavy (non-hydrogen) atoms. The Hall–Kier alpha value is -1.84. The molecule has 0 unspecified atom stereocenters. The number of halogens is 1. The summed E-state index contributed by atoms with van der Waals surface area (Å²) in [6.07, 6.45) is 8.51. The quantitative estimate of drug-likeness (QED) is 0.900. The first-order valence-electron chi connectivity index (χ1n) is 7.76. The number of aryl methyl sites for hydroxylation is 1. The van der Waals surface area contributed by atoms with Gasteiger partial charge < -0.3 is 5.32 Å². The van der Waals surface area contributed by atoms with E-state index in [9.17, 15) is 4.39 Å². The molecule has 3 rings (SSSR count). The third kappa shape index (κ3) is 3.63. The highest BCUT2D eigenvalue weighted by molar-refractivity contribution is 5.46. The monoisotopic (exact) mass is 287 g/mol. The van der Waals surface area contributed by atoms with Gasteiger partial charge in [-0.25, -0.2) is 4.39 Å². The molecule has 1 saturated carbocycles. The number of nitrogens with zero attached hydrogens (tertiary/aromatic N) is 2. The molecule has 1 fully saturated rings. The third-order valence-corrected chi connectivity index (χ3v) is 4.13. The van der Waals surface area contributed by atoms with Crippen molar-refractivity contribution in [3.8, 4) is 0 Å². The number of aromatic nitrogens is 2. The number of anilines is 1. The van der Waals surface area contributed by atoms with E-state index in [0.29, 0.717) is 12.6 Å². The molecule has 1 heterocycles. The molecular weight excluding hydrogens is 265 g/mol. The Balaban J connectivity index is 1.61. The second kappa shape index (κ2) is 6.29. The molecule has 4 heteroatoms. The summed E-state index contributed by atoms with van der Waals surface area (Å²) in [6.45, 7) is 2.52. The van der Waals surface area contributed by atoms with Gasteiger partial charge in [0.05, 0.1) is 18.3 Å². The van der Waals surface area contributed by atoms with Gasteiger partial charge in [-0.1, -0.05) is 19.3 Å². The Bertz CT molecular complexity index is 580. The van der Waals surface area contributed by atoms with Crippen LogP contribution in [0.15, 0.2) is 30.5 Å². The van der Waals surface area contributed by atoms with E-state index in [2.05, 4.69) is 21.3 Å². The van der Waals surface area contributed by atoms with E-state index in [1.807, 2.05) is 19.1 Å². The van der Waals surface area contributed by atoms with Crippen LogP contribution in [0.5, 0.6) is 0 Å². The zero-order chi connectivity index (χ0) is 14.7. The molecule has 2 aromatic rings. The van der Waals surface area contributed by atoms with Gasteiger partial charge in [0, 0.05) is 11.9 Å². The van der Waals surface area contributed by atoms with Crippen LogP contribution in [0, 0.1) is 12.7 Å². The average molecular weight is 287 g/mol. The lowest BCUT2D eigenvalue weighted by atomic mass is 9.96. The second-order valence-corrected chi connectivity index (χ2v) is 5.95. The molecule has 1 N–H and O–H groups in total. The summed E-state index contributed by atoms with van der Waals surface area (Å²) in [4.78, 5) is 0. The molecule has 0 spiro atoms. The predicted molar refractivity (Wildman–Crippen MR) is 82.8 cm³/mol. The normalized spacial score (nSPS) is 16.1. The topological polar surface area (TPSA) is 29.9 Å². The van der Waals surface area contributed by atoms with Gasteiger partial charge in [0.1, 0.15) is 5.82 Å². The van der Waals surface area contributed by atoms with Crippen molar-refractivity contribution in [3.63, 3.8) is 0 Å². The molecule has 0 amide bonds. The first-order valence-corrected chi connectivity index (χ1v) is 7.76. The van der Waals surface area contributed by atoms with Crippen LogP contribution >= 0.6 is 0 Å². The summed E-state index contributed by atoms with van der Waals surface area (Å²) in [7, 11) is 0. The molecule has 1 aromatic heterocycles. The van der Waals surface area contributed by atoms with Gasteiger partial charge >= 0.3 is 0 Å². The Kier molecular flexibility index (Phi) is 4.23. The highest BCUT2D eigenvalue weighted by atomic mass is 19.1. The summed E-state index contributed by atoms with van der Waals surface area (Å²) < 4.78 is 15.4. The molecule has 0 saturated heterocycles. The van der Waals surface area contributed by atoms with E-state index in [1.54, 1.807) is 0 Å². The fourth-order valence-electron chi connectivity index (χ4n) is 3.05. The van der Waals surface area contributed by atoms with Gasteiger partial charge in [-0.05, 0) is 49.6 Å². The highest BCUT2D eigenvalue weighted by Crippen LogP contribution is 2.27. The first kappa shape index (κ1) is 14.1. The van der Waals surface area contributed by atoms with Crippen LogP contribution in [-0.2, 0) is 6.54 Å². The number of rotatable bonds is 4. The second-order valence-electron chi connectivity index (χ2n) is 5.95. The molecule has 1 aliphatic carbocycles. The molecule has 0 radical (unpaired) electrons. The maximum absolute atomic E-state index is 13.3. The van der Waals surface area contributed by atoms with Gasteiger partial charge in [-0.2, -0.15) is 5.10 Å². The predicted octanol–water partition coefficient (Wildman–Crippen LogP) is 4.45. The van der Waals surface area contributed by atoms with Crippen molar-refractivity contribution >= 4 is 5.69 Å². The third-order valence-electron chi connectivity index (χ3n) is 4.13. The fourth-order valence-corrected chi connectivity index (χ4v) is 3.05. The van der Waals surface area contributed by atoms with Crippen LogP contribution in [0.3, 0.4) is 0 Å². The molecule has 112 valence electrons. The Morgan fingerprint density at radius 1 is 1.24 bits per heavy atom. The first-order chi connectivity index (χ1) is 10.2. The minimum Gasteiger partial charge on any atom is -0.379 e. The highest BCUT2D eigenvalue weighted by Gasteiger charge is 2.15. The zero-order valence-corrected chi connectivity index (χ0v) is 12.5. The molecule has 1 aromatic carbocycles. The van der Waals surface area contributed by atoms with E-state index in [4.69, 9.17) is 0 Å². The van der Waals surface area contributed by atoms with Crippen molar-refractivity contribution in [2.75, 3.05) is 5.32 Å². The van der Waals surface area contributed by atoms with E-state index < -0.39 is 0 Å². The minimum absolute atomic E-state index is 0.203. The van der Waals surface area contributed by atoms with Gasteiger partial charge in [-0.15, -0.1) is 0 Å². The average Bonchev–Trinajstić information content (AvgIpc) is 2.94. The van der Waals surface area contributed by atoms with Gasteiger partial charge in [-0.3, -0.25) is 4.68 Å². The van der Waals surface area contributed by atoms with E-state index >= 15 is 0 Å². The van der Waals surface area contributed by atoms with Crippen molar-refractivity contribution in [2.45, 2.75) is 51.6 Å². The molecule has 1 aliphatic rings. The van der Waals surface area contributed by atoms with E-state index in [-0.39, 0.29) is 5.82 Å². The van der Waals surface area contributed by atoms with Crippen LogP contribution in [0.25, 0.3) is 0 Å². The summed E-state index contributed by atoms with van der Waals surface area (Å²) in [5.41, 5.74) is 2.73. The fraction of sp³-hybridized carbons (Fsp3) is 0.471. The lowest BCUT2D eigenvalue weighted by Crippen LogP contribution is -2.13. The largest absolute Gasteiger partial charge is 0.379 e. The summed E-state index contributed by atoms with van der Waals surface area (Å²) >= 11 is 0. The van der Waals surface area contributed by atoms with Crippen molar-refractivity contribution < 1.29 is 4.39 Å². The van der Waals surface area contributed by atoms with Gasteiger partial charge in [0.25, 0.3) is 0 Å². The van der Waals surface area contributed by atoms with Crippen molar-refractivity contribution in [2.24, 2.45) is 0 Å². The Morgan fingerprint density at radius 2 is 2.05 bits per heavy atom. The smallest absolute Gasteiger partial charge is 0.125 e. The maximum Gasteiger partial charge on any atom is 0.125 e. The molecule has 3 nitrogen and oxygen atoms in total. The van der Waals surface area contributed by atoms with Crippen LogP contribution in [0.4, 0.5) is 10.1 Å². The van der Waals surface area contributed by atoms with Crippen LogP contribution < -0.4 is 5.32 Å². The lowest BCUT2D eigenvalue weighted by molar-refractivity contribution is 0.328. The van der Waals surface area contributed by atoms with Gasteiger partial charge in [0.15, 0.2) is 0 Å². The molecule has 0 bridgehead atoms. The standard InChI is InChI=1S/C17H22FN3/c1-13-9-14(18)11-16(10-13)19-12-15-7-8-21(20-15)17-5-3-2-4-6-17/h7-11,17,19H,2-6,12H2,1H3. The summed E-state index contributed by atoms with van der Waals surface area (Å²) in [6, 6.07) is 7.60. The van der Waals surface area contributed by atoms with Crippen LogP contribution in [0.1, 0.15) is 49.4 Å². The maximum atomic E-state index is 13.3. The van der Waals surface area contributed by atoms with Crippen molar-refractivity contribution in [1.82, 2.24) is 9.78 Å². The molecular formula is C17H22FN3.